The second kappa shape index (κ2) is 3.97. The molecular formula is C14H16F3N3. The second-order valence-corrected chi connectivity index (χ2v) is 5.75. The van der Waals surface area contributed by atoms with E-state index >= 15 is 0 Å². The van der Waals surface area contributed by atoms with Crippen LogP contribution in [0, 0.1) is 5.92 Å². The molecule has 1 aliphatic carbocycles. The highest BCUT2D eigenvalue weighted by Crippen LogP contribution is 2.44. The molecule has 0 spiro atoms. The third kappa shape index (κ3) is 1.98. The zero-order valence-electron chi connectivity index (χ0n) is 11.3. The maximum atomic E-state index is 12.7. The molecule has 3 rings (SSSR count). The van der Waals surface area contributed by atoms with Gasteiger partial charge in [0.2, 0.25) is 0 Å². The Kier molecular flexibility index (Phi) is 2.67. The summed E-state index contributed by atoms with van der Waals surface area (Å²) in [5.74, 6) is 1.01. The van der Waals surface area contributed by atoms with Crippen molar-refractivity contribution in [2.45, 2.75) is 31.5 Å². The molecular weight excluding hydrogens is 267 g/mol. The van der Waals surface area contributed by atoms with E-state index in [0.717, 1.165) is 25.0 Å². The maximum absolute atomic E-state index is 12.7. The molecule has 1 atom stereocenters. The first-order valence-corrected chi connectivity index (χ1v) is 6.54. The van der Waals surface area contributed by atoms with Crippen molar-refractivity contribution in [3.05, 3.63) is 29.6 Å². The number of rotatable bonds is 2. The van der Waals surface area contributed by atoms with Gasteiger partial charge in [-0.1, -0.05) is 0 Å². The fraction of sp³-hybridized carbons (Fsp3) is 0.500. The number of aryl methyl sites for hydroxylation is 1. The third-order valence-electron chi connectivity index (χ3n) is 4.12. The molecule has 3 nitrogen and oxygen atoms in total. The van der Waals surface area contributed by atoms with Crippen LogP contribution >= 0.6 is 0 Å². The summed E-state index contributed by atoms with van der Waals surface area (Å²) in [6, 6.07) is 3.62. The number of nitrogens with two attached hydrogens (primary N) is 1. The number of halogens is 3. The topological polar surface area (TPSA) is 43.8 Å². The number of nitrogens with zero attached hydrogens (tertiary/aromatic N) is 2. The molecule has 2 aromatic rings. The Morgan fingerprint density at radius 1 is 1.30 bits per heavy atom. The largest absolute Gasteiger partial charge is 0.416 e. The minimum atomic E-state index is -4.35. The molecule has 1 fully saturated rings. The summed E-state index contributed by atoms with van der Waals surface area (Å²) in [7, 11) is 1.80. The number of aromatic nitrogens is 2. The molecule has 0 amide bonds. The summed E-state index contributed by atoms with van der Waals surface area (Å²) >= 11 is 0. The van der Waals surface area contributed by atoms with Gasteiger partial charge >= 0.3 is 6.18 Å². The van der Waals surface area contributed by atoms with E-state index in [4.69, 9.17) is 5.73 Å². The predicted molar refractivity (Wildman–Crippen MR) is 70.0 cm³/mol. The van der Waals surface area contributed by atoms with Crippen molar-refractivity contribution in [2.24, 2.45) is 18.7 Å². The Morgan fingerprint density at radius 3 is 2.50 bits per heavy atom. The lowest BCUT2D eigenvalue weighted by Gasteiger charge is -2.23. The van der Waals surface area contributed by atoms with Crippen LogP contribution in [0.15, 0.2) is 18.2 Å². The molecule has 1 aliphatic rings. The van der Waals surface area contributed by atoms with Gasteiger partial charge in [0.1, 0.15) is 5.82 Å². The molecule has 1 heterocycles. The number of alkyl halides is 3. The Balaban J connectivity index is 2.14. The minimum Gasteiger partial charge on any atom is -0.330 e. The quantitative estimate of drug-likeness (QED) is 0.920. The van der Waals surface area contributed by atoms with Crippen LogP contribution in [-0.2, 0) is 18.8 Å². The van der Waals surface area contributed by atoms with Crippen LogP contribution in [0.4, 0.5) is 13.2 Å². The lowest BCUT2D eigenvalue weighted by molar-refractivity contribution is -0.137. The first kappa shape index (κ1) is 13.4. The summed E-state index contributed by atoms with van der Waals surface area (Å²) in [5.41, 5.74) is 6.07. The smallest absolute Gasteiger partial charge is 0.330 e. The van der Waals surface area contributed by atoms with Crippen molar-refractivity contribution < 1.29 is 13.2 Å². The van der Waals surface area contributed by atoms with E-state index in [1.165, 1.54) is 6.07 Å². The average Bonchev–Trinajstić information content (AvgIpc) is 3.14. The molecule has 1 aromatic carbocycles. The SMILES string of the molecule is Cn1c(C(C)(N)C2CC2)nc2cc(C(F)(F)F)ccc21. The van der Waals surface area contributed by atoms with Gasteiger partial charge in [-0.3, -0.25) is 0 Å². The summed E-state index contributed by atoms with van der Waals surface area (Å²) in [4.78, 5) is 4.36. The van der Waals surface area contributed by atoms with E-state index in [1.54, 1.807) is 11.6 Å². The van der Waals surface area contributed by atoms with E-state index in [2.05, 4.69) is 4.98 Å². The Labute approximate surface area is 114 Å². The fourth-order valence-electron chi connectivity index (χ4n) is 2.72. The molecule has 6 heteroatoms. The van der Waals surface area contributed by atoms with Gasteiger partial charge in [0.15, 0.2) is 0 Å². The number of hydrogen-bond donors (Lipinski definition) is 1. The molecule has 0 radical (unpaired) electrons. The van der Waals surface area contributed by atoms with Crippen molar-refractivity contribution in [1.82, 2.24) is 9.55 Å². The molecule has 1 saturated carbocycles. The highest BCUT2D eigenvalue weighted by molar-refractivity contribution is 5.77. The van der Waals surface area contributed by atoms with Gasteiger partial charge in [-0.25, -0.2) is 4.98 Å². The standard InChI is InChI=1S/C14H16F3N3/c1-13(18,8-3-4-8)12-19-10-7-9(14(15,16)17)5-6-11(10)20(12)2/h5-8H,3-4,18H2,1-2H3. The molecule has 0 bridgehead atoms. The third-order valence-corrected chi connectivity index (χ3v) is 4.12. The monoisotopic (exact) mass is 283 g/mol. The highest BCUT2D eigenvalue weighted by atomic mass is 19.4. The first-order chi connectivity index (χ1) is 9.21. The normalized spacial score (nSPS) is 19.3. The van der Waals surface area contributed by atoms with Crippen LogP contribution in [0.3, 0.4) is 0 Å². The molecule has 2 N–H and O–H groups in total. The summed E-state index contributed by atoms with van der Waals surface area (Å²) in [6.45, 7) is 1.90. The van der Waals surface area contributed by atoms with E-state index in [9.17, 15) is 13.2 Å². The zero-order valence-corrected chi connectivity index (χ0v) is 11.3. The Bertz CT molecular complexity index is 666. The number of fused-ring (bicyclic) bond motifs is 1. The highest BCUT2D eigenvalue weighted by Gasteiger charge is 2.43. The Hall–Kier alpha value is -1.56. The van der Waals surface area contributed by atoms with Gasteiger partial charge in [0, 0.05) is 7.05 Å². The van der Waals surface area contributed by atoms with Crippen molar-refractivity contribution in [1.29, 1.82) is 0 Å². The van der Waals surface area contributed by atoms with Gasteiger partial charge in [0.05, 0.1) is 22.1 Å². The van der Waals surface area contributed by atoms with Crippen molar-refractivity contribution in [2.75, 3.05) is 0 Å². The van der Waals surface area contributed by atoms with Gasteiger partial charge in [0.25, 0.3) is 0 Å². The van der Waals surface area contributed by atoms with Crippen molar-refractivity contribution in [3.63, 3.8) is 0 Å². The number of hydrogen-bond acceptors (Lipinski definition) is 2. The van der Waals surface area contributed by atoms with Gasteiger partial charge in [-0.15, -0.1) is 0 Å². The van der Waals surface area contributed by atoms with E-state index in [1.807, 2.05) is 6.92 Å². The lowest BCUT2D eigenvalue weighted by Crippen LogP contribution is -2.38. The number of imidazole rings is 1. The maximum Gasteiger partial charge on any atom is 0.416 e. The van der Waals surface area contributed by atoms with Gasteiger partial charge in [-0.05, 0) is 43.9 Å². The van der Waals surface area contributed by atoms with Crippen LogP contribution in [0.1, 0.15) is 31.2 Å². The van der Waals surface area contributed by atoms with Gasteiger partial charge < -0.3 is 10.3 Å². The molecule has 1 aromatic heterocycles. The molecule has 0 saturated heterocycles. The van der Waals surface area contributed by atoms with E-state index < -0.39 is 17.3 Å². The molecule has 108 valence electrons. The summed E-state index contributed by atoms with van der Waals surface area (Å²) in [6.07, 6.45) is -2.26. The second-order valence-electron chi connectivity index (χ2n) is 5.75. The number of benzene rings is 1. The van der Waals surface area contributed by atoms with Crippen LogP contribution in [0.25, 0.3) is 11.0 Å². The van der Waals surface area contributed by atoms with Gasteiger partial charge in [-0.2, -0.15) is 13.2 Å². The summed E-state index contributed by atoms with van der Waals surface area (Å²) in [5, 5.41) is 0. The van der Waals surface area contributed by atoms with Crippen molar-refractivity contribution in [3.8, 4) is 0 Å². The van der Waals surface area contributed by atoms with Crippen molar-refractivity contribution >= 4 is 11.0 Å². The Morgan fingerprint density at radius 2 is 1.95 bits per heavy atom. The minimum absolute atomic E-state index is 0.342. The summed E-state index contributed by atoms with van der Waals surface area (Å²) < 4.78 is 40.0. The van der Waals surface area contributed by atoms with Crippen LogP contribution in [0.5, 0.6) is 0 Å². The fourth-order valence-corrected chi connectivity index (χ4v) is 2.72. The van der Waals surface area contributed by atoms with E-state index in [-0.39, 0.29) is 0 Å². The van der Waals surface area contributed by atoms with E-state index in [0.29, 0.717) is 22.8 Å². The molecule has 1 unspecified atom stereocenters. The lowest BCUT2D eigenvalue weighted by atomic mass is 9.96. The average molecular weight is 283 g/mol. The predicted octanol–water partition coefficient (Wildman–Crippen LogP) is 3.18. The van der Waals surface area contributed by atoms with Crippen LogP contribution in [0.2, 0.25) is 0 Å². The van der Waals surface area contributed by atoms with Crippen LogP contribution < -0.4 is 5.73 Å². The first-order valence-electron chi connectivity index (χ1n) is 6.54. The van der Waals surface area contributed by atoms with Crippen LogP contribution in [-0.4, -0.2) is 9.55 Å². The zero-order chi connectivity index (χ0) is 14.7. The molecule has 20 heavy (non-hydrogen) atoms. The molecule has 0 aliphatic heterocycles.